The van der Waals surface area contributed by atoms with E-state index in [1.165, 1.54) is 12.8 Å². The zero-order chi connectivity index (χ0) is 19.3. The number of piperidine rings is 1. The summed E-state index contributed by atoms with van der Waals surface area (Å²) in [6, 6.07) is 6.04. The van der Waals surface area contributed by atoms with Crippen LogP contribution in [0.15, 0.2) is 18.2 Å². The maximum atomic E-state index is 9.85. The van der Waals surface area contributed by atoms with E-state index in [9.17, 15) is 5.11 Å². The Morgan fingerprint density at radius 3 is 2.89 bits per heavy atom. The summed E-state index contributed by atoms with van der Waals surface area (Å²) in [7, 11) is 1.63. The van der Waals surface area contributed by atoms with Gasteiger partial charge in [0.15, 0.2) is 11.5 Å². The quantitative estimate of drug-likeness (QED) is 0.694. The van der Waals surface area contributed by atoms with Crippen LogP contribution < -0.4 is 10.5 Å². The van der Waals surface area contributed by atoms with Crippen LogP contribution in [0, 0.1) is 5.92 Å². The standard InChI is InChI=1S/C20H26N6O2/c1-28-16-6-2-5-14-17(16)22-20(21)26-19(14)23-18(24-26)13-4-3-9-25(10-13)15(11-27)12-7-8-12/h2,5-6,12-13,15,27H,3-4,7-11H2,1H3,(H2,21,22)/t13-,15+/m1/s1. The highest BCUT2D eigenvalue weighted by Crippen LogP contribution is 2.38. The second-order valence-electron chi connectivity index (χ2n) is 7.95. The van der Waals surface area contributed by atoms with Crippen LogP contribution in [0.4, 0.5) is 5.95 Å². The van der Waals surface area contributed by atoms with Crippen LogP contribution in [0.5, 0.6) is 5.75 Å². The summed E-state index contributed by atoms with van der Waals surface area (Å²) >= 11 is 0. The molecule has 2 atom stereocenters. The zero-order valence-corrected chi connectivity index (χ0v) is 16.1. The second-order valence-corrected chi connectivity index (χ2v) is 7.95. The molecule has 2 aliphatic rings. The minimum absolute atomic E-state index is 0.233. The topological polar surface area (TPSA) is 102 Å². The Labute approximate surface area is 163 Å². The first-order valence-electron chi connectivity index (χ1n) is 10.0. The monoisotopic (exact) mass is 382 g/mol. The highest BCUT2D eigenvalue weighted by molar-refractivity contribution is 5.95. The normalized spacial score (nSPS) is 22.0. The minimum atomic E-state index is 0.233. The fraction of sp³-hybridized carbons (Fsp3) is 0.550. The molecule has 148 valence electrons. The summed E-state index contributed by atoms with van der Waals surface area (Å²) in [6.45, 7) is 2.15. The molecule has 3 N–H and O–H groups in total. The number of likely N-dealkylation sites (tertiary alicyclic amines) is 1. The number of fused-ring (bicyclic) bond motifs is 3. The largest absolute Gasteiger partial charge is 0.494 e. The predicted molar refractivity (Wildman–Crippen MR) is 106 cm³/mol. The van der Waals surface area contributed by atoms with Crippen molar-refractivity contribution in [3.8, 4) is 5.75 Å². The molecule has 1 aromatic carbocycles. The van der Waals surface area contributed by atoms with E-state index in [0.717, 1.165) is 42.8 Å². The number of nitrogens with two attached hydrogens (primary N) is 1. The molecular weight excluding hydrogens is 356 g/mol. The van der Waals surface area contributed by atoms with Crippen LogP contribution in [-0.2, 0) is 0 Å². The Hall–Kier alpha value is -2.45. The summed E-state index contributed by atoms with van der Waals surface area (Å²) in [5.41, 5.74) is 7.60. The van der Waals surface area contributed by atoms with Crippen LogP contribution in [-0.4, -0.2) is 62.4 Å². The van der Waals surface area contributed by atoms with Gasteiger partial charge >= 0.3 is 0 Å². The van der Waals surface area contributed by atoms with Gasteiger partial charge in [-0.1, -0.05) is 6.07 Å². The van der Waals surface area contributed by atoms with Crippen molar-refractivity contribution in [3.63, 3.8) is 0 Å². The molecule has 2 aromatic heterocycles. The highest BCUT2D eigenvalue weighted by Gasteiger charge is 2.37. The van der Waals surface area contributed by atoms with E-state index >= 15 is 0 Å². The number of benzene rings is 1. The van der Waals surface area contributed by atoms with E-state index in [4.69, 9.17) is 20.6 Å². The summed E-state index contributed by atoms with van der Waals surface area (Å²) in [6.07, 6.45) is 4.60. The van der Waals surface area contributed by atoms with Gasteiger partial charge < -0.3 is 15.6 Å². The number of rotatable bonds is 5. The number of anilines is 1. The molecule has 1 saturated heterocycles. The maximum Gasteiger partial charge on any atom is 0.223 e. The molecule has 0 unspecified atom stereocenters. The van der Waals surface area contributed by atoms with E-state index in [1.54, 1.807) is 11.6 Å². The van der Waals surface area contributed by atoms with Crippen LogP contribution in [0.25, 0.3) is 16.6 Å². The van der Waals surface area contributed by atoms with Gasteiger partial charge in [-0.2, -0.15) is 4.52 Å². The van der Waals surface area contributed by atoms with Gasteiger partial charge in [-0.25, -0.2) is 9.97 Å². The molecule has 28 heavy (non-hydrogen) atoms. The van der Waals surface area contributed by atoms with E-state index in [-0.39, 0.29) is 18.6 Å². The summed E-state index contributed by atoms with van der Waals surface area (Å²) < 4.78 is 7.07. The van der Waals surface area contributed by atoms with Gasteiger partial charge in [-0.15, -0.1) is 5.10 Å². The van der Waals surface area contributed by atoms with Crippen molar-refractivity contribution in [1.82, 2.24) is 24.5 Å². The maximum absolute atomic E-state index is 9.85. The van der Waals surface area contributed by atoms with Crippen molar-refractivity contribution in [3.05, 3.63) is 24.0 Å². The van der Waals surface area contributed by atoms with E-state index < -0.39 is 0 Å². The fourth-order valence-corrected chi connectivity index (χ4v) is 4.54. The van der Waals surface area contributed by atoms with Gasteiger partial charge in [-0.05, 0) is 50.3 Å². The number of aromatic nitrogens is 4. The average Bonchev–Trinajstić information content (AvgIpc) is 3.44. The third kappa shape index (κ3) is 2.87. The molecule has 3 heterocycles. The fourth-order valence-electron chi connectivity index (χ4n) is 4.54. The Bertz CT molecular complexity index is 1010. The molecule has 8 nitrogen and oxygen atoms in total. The first-order chi connectivity index (χ1) is 13.7. The summed E-state index contributed by atoms with van der Waals surface area (Å²) in [4.78, 5) is 11.8. The van der Waals surface area contributed by atoms with Gasteiger partial charge in [0, 0.05) is 23.9 Å². The van der Waals surface area contributed by atoms with Gasteiger partial charge in [0.25, 0.3) is 0 Å². The van der Waals surface area contributed by atoms with Crippen molar-refractivity contribution in [2.75, 3.05) is 32.5 Å². The lowest BCUT2D eigenvalue weighted by atomic mass is 9.95. The van der Waals surface area contributed by atoms with Crippen molar-refractivity contribution in [2.24, 2.45) is 5.92 Å². The minimum Gasteiger partial charge on any atom is -0.494 e. The number of hydrogen-bond acceptors (Lipinski definition) is 7. The van der Waals surface area contributed by atoms with Crippen molar-refractivity contribution in [2.45, 2.75) is 37.6 Å². The molecule has 5 rings (SSSR count). The zero-order valence-electron chi connectivity index (χ0n) is 16.1. The lowest BCUT2D eigenvalue weighted by molar-refractivity contribution is 0.0808. The Balaban J connectivity index is 1.52. The van der Waals surface area contributed by atoms with Gasteiger partial charge in [0.05, 0.1) is 13.7 Å². The molecule has 1 aliphatic carbocycles. The van der Waals surface area contributed by atoms with E-state index in [0.29, 0.717) is 23.1 Å². The smallest absolute Gasteiger partial charge is 0.223 e. The number of hydrogen-bond donors (Lipinski definition) is 2. The molecule has 0 radical (unpaired) electrons. The van der Waals surface area contributed by atoms with Gasteiger partial charge in [-0.3, -0.25) is 4.90 Å². The molecule has 1 aliphatic heterocycles. The highest BCUT2D eigenvalue weighted by atomic mass is 16.5. The van der Waals surface area contributed by atoms with Crippen LogP contribution in [0.3, 0.4) is 0 Å². The third-order valence-electron chi connectivity index (χ3n) is 6.17. The number of methoxy groups -OCH3 is 1. The van der Waals surface area contributed by atoms with Crippen molar-refractivity contribution >= 4 is 22.5 Å². The summed E-state index contributed by atoms with van der Waals surface area (Å²) in [5, 5.41) is 15.4. The van der Waals surface area contributed by atoms with Crippen molar-refractivity contribution in [1.29, 1.82) is 0 Å². The van der Waals surface area contributed by atoms with Crippen LogP contribution >= 0.6 is 0 Å². The molecule has 3 aromatic rings. The van der Waals surface area contributed by atoms with Crippen LogP contribution in [0.1, 0.15) is 37.4 Å². The Kier molecular flexibility index (Phi) is 4.32. The number of ether oxygens (including phenoxy) is 1. The first-order valence-corrected chi connectivity index (χ1v) is 10.0. The number of nitrogen functional groups attached to an aromatic ring is 1. The second kappa shape index (κ2) is 6.86. The molecule has 0 bridgehead atoms. The number of aliphatic hydroxyl groups is 1. The lowest BCUT2D eigenvalue weighted by Gasteiger charge is -2.36. The number of para-hydroxylation sites is 1. The predicted octanol–water partition coefficient (Wildman–Crippen LogP) is 1.82. The summed E-state index contributed by atoms with van der Waals surface area (Å²) in [5.74, 6) is 2.68. The average molecular weight is 382 g/mol. The Morgan fingerprint density at radius 1 is 1.29 bits per heavy atom. The molecule has 8 heteroatoms. The molecule has 2 fully saturated rings. The first kappa shape index (κ1) is 17.6. The van der Waals surface area contributed by atoms with E-state index in [2.05, 4.69) is 9.88 Å². The molecule has 1 saturated carbocycles. The third-order valence-corrected chi connectivity index (χ3v) is 6.17. The Morgan fingerprint density at radius 2 is 2.14 bits per heavy atom. The SMILES string of the molecule is COc1cccc2c1nc(N)n1nc([C@@H]3CCCN([C@@H](CO)C4CC4)C3)nc21. The molecule has 0 amide bonds. The molecule has 0 spiro atoms. The lowest BCUT2D eigenvalue weighted by Crippen LogP contribution is -2.45. The van der Waals surface area contributed by atoms with Gasteiger partial charge in [0.1, 0.15) is 11.3 Å². The van der Waals surface area contributed by atoms with Gasteiger partial charge in [0.2, 0.25) is 5.95 Å². The van der Waals surface area contributed by atoms with E-state index in [1.807, 2.05) is 18.2 Å². The van der Waals surface area contributed by atoms with Crippen molar-refractivity contribution < 1.29 is 9.84 Å². The molecular formula is C20H26N6O2. The number of aliphatic hydroxyl groups excluding tert-OH is 1. The number of nitrogens with zero attached hydrogens (tertiary/aromatic N) is 5. The van der Waals surface area contributed by atoms with Crippen LogP contribution in [0.2, 0.25) is 0 Å².